The topological polar surface area (TPSA) is 54.0 Å². The van der Waals surface area contributed by atoms with E-state index in [1.54, 1.807) is 7.11 Å². The maximum atomic E-state index is 13.4. The molecular weight excluding hydrogens is 306 g/mol. The van der Waals surface area contributed by atoms with Crippen LogP contribution < -0.4 is 5.32 Å². The zero-order valence-electron chi connectivity index (χ0n) is 13.3. The van der Waals surface area contributed by atoms with Crippen LogP contribution in [0.2, 0.25) is 0 Å². The van der Waals surface area contributed by atoms with Gasteiger partial charge >= 0.3 is 0 Å². The number of aliphatic hydroxyl groups is 1. The van der Waals surface area contributed by atoms with Crippen molar-refractivity contribution in [2.24, 2.45) is 0 Å². The predicted molar refractivity (Wildman–Crippen MR) is 82.2 cm³/mol. The molecule has 130 valence electrons. The van der Waals surface area contributed by atoms with Gasteiger partial charge in [-0.1, -0.05) is 6.07 Å². The first-order chi connectivity index (χ1) is 11.1. The van der Waals surface area contributed by atoms with Crippen LogP contribution in [0.1, 0.15) is 11.6 Å². The molecule has 0 aromatic heterocycles. The average molecular weight is 330 g/mol. The fourth-order valence-electron chi connectivity index (χ4n) is 2.59. The molecule has 2 atom stereocenters. The molecule has 2 N–H and O–H groups in total. The fourth-order valence-corrected chi connectivity index (χ4v) is 2.59. The van der Waals surface area contributed by atoms with Gasteiger partial charge in [0.2, 0.25) is 0 Å². The molecule has 1 aromatic rings. The summed E-state index contributed by atoms with van der Waals surface area (Å²) < 4.78 is 36.8. The van der Waals surface area contributed by atoms with Crippen LogP contribution in [-0.4, -0.2) is 69.2 Å². The number of methoxy groups -OCH3 is 1. The second-order valence-electron chi connectivity index (χ2n) is 5.66. The number of hydrogen-bond donors (Lipinski definition) is 2. The molecule has 1 aromatic carbocycles. The van der Waals surface area contributed by atoms with Gasteiger partial charge < -0.3 is 19.9 Å². The minimum Gasteiger partial charge on any atom is -0.390 e. The molecule has 1 heterocycles. The molecule has 1 fully saturated rings. The van der Waals surface area contributed by atoms with Crippen molar-refractivity contribution in [3.63, 3.8) is 0 Å². The van der Waals surface area contributed by atoms with E-state index in [2.05, 4.69) is 10.2 Å². The predicted octanol–water partition coefficient (Wildman–Crippen LogP) is 0.935. The molecule has 1 saturated heterocycles. The van der Waals surface area contributed by atoms with Gasteiger partial charge in [0.1, 0.15) is 0 Å². The van der Waals surface area contributed by atoms with Crippen LogP contribution >= 0.6 is 0 Å². The maximum absolute atomic E-state index is 13.4. The molecular formula is C16H24F2N2O3. The third-order valence-electron chi connectivity index (χ3n) is 3.85. The lowest BCUT2D eigenvalue weighted by atomic mass is 10.1. The lowest BCUT2D eigenvalue weighted by Crippen LogP contribution is -2.44. The Morgan fingerprint density at radius 3 is 2.70 bits per heavy atom. The number of benzene rings is 1. The maximum Gasteiger partial charge on any atom is 0.159 e. The smallest absolute Gasteiger partial charge is 0.159 e. The van der Waals surface area contributed by atoms with Crippen molar-refractivity contribution >= 4 is 0 Å². The van der Waals surface area contributed by atoms with Crippen LogP contribution in [0.4, 0.5) is 8.78 Å². The third kappa shape index (κ3) is 5.78. The number of β-amino-alcohol motifs (C(OH)–C–C–N with tert-alkyl or cyclic N) is 1. The van der Waals surface area contributed by atoms with Gasteiger partial charge in [0.05, 0.1) is 32.0 Å². The molecule has 2 rings (SSSR count). The third-order valence-corrected chi connectivity index (χ3v) is 3.85. The Morgan fingerprint density at radius 1 is 1.30 bits per heavy atom. The lowest BCUT2D eigenvalue weighted by molar-refractivity contribution is 0.0139. The summed E-state index contributed by atoms with van der Waals surface area (Å²) in [5, 5.41) is 13.3. The monoisotopic (exact) mass is 330 g/mol. The Labute approximate surface area is 135 Å². The number of halogens is 2. The summed E-state index contributed by atoms with van der Waals surface area (Å²) in [6.45, 7) is 4.17. The van der Waals surface area contributed by atoms with Crippen LogP contribution in [0.3, 0.4) is 0 Å². The molecule has 2 unspecified atom stereocenters. The van der Waals surface area contributed by atoms with Crippen molar-refractivity contribution in [1.29, 1.82) is 0 Å². The number of nitrogens with one attached hydrogen (secondary N) is 1. The van der Waals surface area contributed by atoms with Gasteiger partial charge in [-0.3, -0.25) is 4.90 Å². The first kappa shape index (κ1) is 18.2. The average Bonchev–Trinajstić information content (AvgIpc) is 2.55. The Bertz CT molecular complexity index is 484. The molecule has 0 bridgehead atoms. The zero-order chi connectivity index (χ0) is 16.7. The largest absolute Gasteiger partial charge is 0.390 e. The number of hydrogen-bond acceptors (Lipinski definition) is 5. The van der Waals surface area contributed by atoms with E-state index < -0.39 is 17.7 Å². The molecule has 7 heteroatoms. The molecule has 0 radical (unpaired) electrons. The Balaban J connectivity index is 1.86. The van der Waals surface area contributed by atoms with Crippen LogP contribution in [0.5, 0.6) is 0 Å². The van der Waals surface area contributed by atoms with E-state index in [-0.39, 0.29) is 6.04 Å². The molecule has 0 saturated carbocycles. The molecule has 5 nitrogen and oxygen atoms in total. The molecule has 0 aliphatic carbocycles. The quantitative estimate of drug-likeness (QED) is 0.743. The van der Waals surface area contributed by atoms with Gasteiger partial charge in [0.25, 0.3) is 0 Å². The summed E-state index contributed by atoms with van der Waals surface area (Å²) in [4.78, 5) is 2.14. The summed E-state index contributed by atoms with van der Waals surface area (Å²) in [5.74, 6) is -1.77. The Hall–Kier alpha value is -1.12. The van der Waals surface area contributed by atoms with Crippen molar-refractivity contribution < 1.29 is 23.4 Å². The molecule has 0 amide bonds. The van der Waals surface area contributed by atoms with Crippen molar-refractivity contribution in [3.8, 4) is 0 Å². The molecule has 23 heavy (non-hydrogen) atoms. The van der Waals surface area contributed by atoms with E-state index in [1.165, 1.54) is 6.07 Å². The van der Waals surface area contributed by atoms with Crippen LogP contribution in [0, 0.1) is 11.6 Å². The van der Waals surface area contributed by atoms with E-state index in [0.29, 0.717) is 38.5 Å². The van der Waals surface area contributed by atoms with E-state index in [1.807, 2.05) is 0 Å². The van der Waals surface area contributed by atoms with Gasteiger partial charge in [0, 0.05) is 33.3 Å². The van der Waals surface area contributed by atoms with E-state index in [4.69, 9.17) is 9.47 Å². The Kier molecular flexibility index (Phi) is 7.32. The highest BCUT2D eigenvalue weighted by Crippen LogP contribution is 2.17. The molecule has 1 aliphatic rings. The number of nitrogens with zero attached hydrogens (tertiary/aromatic N) is 1. The first-order valence-electron chi connectivity index (χ1n) is 7.75. The standard InChI is InChI=1S/C16H24F2N2O3/c1-22-11-16(12-2-3-14(17)15(18)8-12)19-9-13(21)10-20-4-6-23-7-5-20/h2-3,8,13,16,19,21H,4-7,9-11H2,1H3. The van der Waals surface area contributed by atoms with Gasteiger partial charge in [-0.2, -0.15) is 0 Å². The minimum atomic E-state index is -0.890. The highest BCUT2D eigenvalue weighted by molar-refractivity contribution is 5.21. The summed E-state index contributed by atoms with van der Waals surface area (Å²) in [6.07, 6.45) is -0.558. The normalized spacial score (nSPS) is 18.8. The number of ether oxygens (including phenoxy) is 2. The second-order valence-corrected chi connectivity index (χ2v) is 5.66. The van der Waals surface area contributed by atoms with Gasteiger partial charge in [-0.15, -0.1) is 0 Å². The van der Waals surface area contributed by atoms with E-state index in [0.717, 1.165) is 25.2 Å². The minimum absolute atomic E-state index is 0.301. The van der Waals surface area contributed by atoms with E-state index in [9.17, 15) is 13.9 Å². The highest BCUT2D eigenvalue weighted by atomic mass is 19.2. The first-order valence-corrected chi connectivity index (χ1v) is 7.75. The fraction of sp³-hybridized carbons (Fsp3) is 0.625. The van der Waals surface area contributed by atoms with Crippen LogP contribution in [-0.2, 0) is 9.47 Å². The van der Waals surface area contributed by atoms with Crippen LogP contribution in [0.25, 0.3) is 0 Å². The van der Waals surface area contributed by atoms with Crippen molar-refractivity contribution in [1.82, 2.24) is 10.2 Å². The lowest BCUT2D eigenvalue weighted by Gasteiger charge is -2.29. The zero-order valence-corrected chi connectivity index (χ0v) is 13.3. The summed E-state index contributed by atoms with van der Waals surface area (Å²) in [7, 11) is 1.54. The SMILES string of the molecule is COCC(NCC(O)CN1CCOCC1)c1ccc(F)c(F)c1. The number of aliphatic hydroxyl groups excluding tert-OH is 1. The van der Waals surface area contributed by atoms with E-state index >= 15 is 0 Å². The van der Waals surface area contributed by atoms with Crippen molar-refractivity contribution in [2.45, 2.75) is 12.1 Å². The Morgan fingerprint density at radius 2 is 2.04 bits per heavy atom. The summed E-state index contributed by atoms with van der Waals surface area (Å²) in [6, 6.07) is 3.46. The van der Waals surface area contributed by atoms with Crippen molar-refractivity contribution in [2.75, 3.05) is 53.1 Å². The van der Waals surface area contributed by atoms with Gasteiger partial charge in [0.15, 0.2) is 11.6 Å². The van der Waals surface area contributed by atoms with Gasteiger partial charge in [-0.25, -0.2) is 8.78 Å². The van der Waals surface area contributed by atoms with Crippen molar-refractivity contribution in [3.05, 3.63) is 35.4 Å². The molecule has 1 aliphatic heterocycles. The molecule has 0 spiro atoms. The van der Waals surface area contributed by atoms with Gasteiger partial charge in [-0.05, 0) is 17.7 Å². The summed E-state index contributed by atoms with van der Waals surface area (Å²) >= 11 is 0. The second kappa shape index (κ2) is 9.24. The number of rotatable bonds is 8. The number of morpholine rings is 1. The highest BCUT2D eigenvalue weighted by Gasteiger charge is 2.18. The summed E-state index contributed by atoms with van der Waals surface area (Å²) in [5.41, 5.74) is 0.587. The van der Waals surface area contributed by atoms with Crippen LogP contribution in [0.15, 0.2) is 18.2 Å².